The van der Waals surface area contributed by atoms with E-state index in [0.717, 1.165) is 63.6 Å². The van der Waals surface area contributed by atoms with Gasteiger partial charge in [-0.1, -0.05) is 18.2 Å². The van der Waals surface area contributed by atoms with Gasteiger partial charge >= 0.3 is 0 Å². The third-order valence-corrected chi connectivity index (χ3v) is 6.23. The molecule has 0 N–H and O–H groups in total. The van der Waals surface area contributed by atoms with Crippen LogP contribution in [0.3, 0.4) is 0 Å². The second-order valence-corrected chi connectivity index (χ2v) is 8.21. The number of carbonyl (C=O) groups is 1. The van der Waals surface area contributed by atoms with Crippen molar-refractivity contribution in [2.75, 3.05) is 26.7 Å². The molecule has 154 valence electrons. The van der Waals surface area contributed by atoms with Crippen molar-refractivity contribution < 1.29 is 9.53 Å². The van der Waals surface area contributed by atoms with Gasteiger partial charge in [0.1, 0.15) is 11.6 Å². The summed E-state index contributed by atoms with van der Waals surface area (Å²) in [7, 11) is 1.74. The summed E-state index contributed by atoms with van der Waals surface area (Å²) in [5.41, 5.74) is 4.82. The maximum atomic E-state index is 11.5. The van der Waals surface area contributed by atoms with Crippen molar-refractivity contribution in [1.29, 1.82) is 0 Å². The monoisotopic (exact) mass is 394 g/mol. The number of likely N-dealkylation sites (tertiary alicyclic amines) is 1. The van der Waals surface area contributed by atoms with Crippen LogP contribution in [-0.2, 0) is 24.3 Å². The number of aryl methyl sites for hydroxylation is 1. The van der Waals surface area contributed by atoms with Crippen molar-refractivity contribution in [2.24, 2.45) is 0 Å². The van der Waals surface area contributed by atoms with Crippen LogP contribution in [-0.4, -0.2) is 52.4 Å². The topological polar surface area (TPSA) is 58.6 Å². The summed E-state index contributed by atoms with van der Waals surface area (Å²) >= 11 is 0. The van der Waals surface area contributed by atoms with Gasteiger partial charge in [-0.25, -0.2) is 9.97 Å². The summed E-state index contributed by atoms with van der Waals surface area (Å²) < 4.78 is 5.62. The van der Waals surface area contributed by atoms with Crippen LogP contribution in [0.15, 0.2) is 24.4 Å². The summed E-state index contributed by atoms with van der Waals surface area (Å²) in [6.45, 7) is 8.09. The van der Waals surface area contributed by atoms with Crippen molar-refractivity contribution in [1.82, 2.24) is 19.8 Å². The van der Waals surface area contributed by atoms with E-state index >= 15 is 0 Å². The highest BCUT2D eigenvalue weighted by Gasteiger charge is 2.26. The van der Waals surface area contributed by atoms with Crippen molar-refractivity contribution in [3.8, 4) is 5.75 Å². The number of piperidine rings is 1. The van der Waals surface area contributed by atoms with Gasteiger partial charge in [-0.3, -0.25) is 9.69 Å². The van der Waals surface area contributed by atoms with Gasteiger partial charge in [0.05, 0.1) is 7.11 Å². The van der Waals surface area contributed by atoms with Gasteiger partial charge in [0.15, 0.2) is 0 Å². The Kier molecular flexibility index (Phi) is 5.81. The zero-order chi connectivity index (χ0) is 20.4. The molecular formula is C23H30N4O2. The Morgan fingerprint density at radius 1 is 1.24 bits per heavy atom. The molecule has 0 spiro atoms. The summed E-state index contributed by atoms with van der Waals surface area (Å²) in [5.74, 6) is 2.48. The number of rotatable bonds is 4. The average Bonchev–Trinajstić information content (AvgIpc) is 2.73. The zero-order valence-electron chi connectivity index (χ0n) is 17.6. The Morgan fingerprint density at radius 3 is 2.76 bits per heavy atom. The van der Waals surface area contributed by atoms with Crippen molar-refractivity contribution in [3.05, 3.63) is 52.6 Å². The summed E-state index contributed by atoms with van der Waals surface area (Å²) in [5, 5.41) is 0. The smallest absolute Gasteiger partial charge is 0.219 e. The number of para-hydroxylation sites is 1. The van der Waals surface area contributed by atoms with E-state index in [4.69, 9.17) is 14.7 Å². The third kappa shape index (κ3) is 4.27. The lowest BCUT2D eigenvalue weighted by Gasteiger charge is -2.32. The SMILES string of the molecule is COc1c(C)cccc1CN1CCc2nc(C3CCN(C(C)=O)CC3)ncc2C1. The Hall–Kier alpha value is -2.47. The molecule has 1 amide bonds. The molecule has 2 aliphatic heterocycles. The third-order valence-electron chi connectivity index (χ3n) is 6.23. The van der Waals surface area contributed by atoms with Crippen LogP contribution in [0.1, 0.15) is 53.9 Å². The number of hydrogen-bond donors (Lipinski definition) is 0. The molecule has 0 bridgehead atoms. The van der Waals surface area contributed by atoms with Crippen LogP contribution in [0.4, 0.5) is 0 Å². The van der Waals surface area contributed by atoms with Crippen molar-refractivity contribution in [2.45, 2.75) is 52.1 Å². The molecule has 0 saturated carbocycles. The van der Waals surface area contributed by atoms with E-state index in [0.29, 0.717) is 5.92 Å². The number of benzene rings is 1. The molecule has 4 rings (SSSR count). The minimum absolute atomic E-state index is 0.167. The van der Waals surface area contributed by atoms with E-state index in [-0.39, 0.29) is 5.91 Å². The lowest BCUT2D eigenvalue weighted by molar-refractivity contribution is -0.129. The Bertz CT molecular complexity index is 890. The van der Waals surface area contributed by atoms with Gasteiger partial charge in [0.2, 0.25) is 5.91 Å². The average molecular weight is 395 g/mol. The number of fused-ring (bicyclic) bond motifs is 1. The molecule has 29 heavy (non-hydrogen) atoms. The van der Waals surface area contributed by atoms with E-state index in [1.54, 1.807) is 14.0 Å². The Labute approximate surface area is 172 Å². The van der Waals surface area contributed by atoms with Gasteiger partial charge in [-0.2, -0.15) is 0 Å². The molecule has 3 heterocycles. The van der Waals surface area contributed by atoms with E-state index in [9.17, 15) is 4.79 Å². The number of hydrogen-bond acceptors (Lipinski definition) is 5. The van der Waals surface area contributed by atoms with Gasteiger partial charge in [-0.05, 0) is 25.3 Å². The predicted molar refractivity (Wildman–Crippen MR) is 112 cm³/mol. The van der Waals surface area contributed by atoms with Gasteiger partial charge in [0.25, 0.3) is 0 Å². The van der Waals surface area contributed by atoms with E-state index in [2.05, 4.69) is 30.0 Å². The molecule has 0 atom stereocenters. The molecule has 0 unspecified atom stereocenters. The first kappa shape index (κ1) is 19.8. The first-order valence-electron chi connectivity index (χ1n) is 10.5. The van der Waals surface area contributed by atoms with Gasteiger partial charge in [-0.15, -0.1) is 0 Å². The summed E-state index contributed by atoms with van der Waals surface area (Å²) in [6.07, 6.45) is 4.88. The quantitative estimate of drug-likeness (QED) is 0.798. The molecular weight excluding hydrogens is 364 g/mol. The standard InChI is InChI=1S/C23H30N4O2/c1-16-5-4-6-19(22(16)29-3)14-26-10-9-21-20(15-26)13-24-23(25-21)18-7-11-27(12-8-18)17(2)28/h4-6,13,18H,7-12,14-15H2,1-3H3. The van der Waals surface area contributed by atoms with Crippen LogP contribution in [0.5, 0.6) is 5.75 Å². The van der Waals surface area contributed by atoms with Gasteiger partial charge in [0, 0.05) is 75.0 Å². The zero-order valence-corrected chi connectivity index (χ0v) is 17.6. The first-order valence-corrected chi connectivity index (χ1v) is 10.5. The molecule has 1 fully saturated rings. The fourth-order valence-corrected chi connectivity index (χ4v) is 4.54. The normalized spacial score (nSPS) is 17.8. The van der Waals surface area contributed by atoms with Crippen LogP contribution in [0, 0.1) is 6.92 Å². The molecule has 1 aromatic carbocycles. The highest BCUT2D eigenvalue weighted by atomic mass is 16.5. The molecule has 6 nitrogen and oxygen atoms in total. The Balaban J connectivity index is 1.42. The molecule has 2 aromatic rings. The van der Waals surface area contributed by atoms with Gasteiger partial charge < -0.3 is 9.64 Å². The summed E-state index contributed by atoms with van der Waals surface area (Å²) in [6, 6.07) is 6.33. The van der Waals surface area contributed by atoms with Crippen LogP contribution in [0.2, 0.25) is 0 Å². The number of ether oxygens (including phenoxy) is 1. The lowest BCUT2D eigenvalue weighted by Crippen LogP contribution is -2.37. The van der Waals surface area contributed by atoms with E-state index in [1.165, 1.54) is 22.4 Å². The van der Waals surface area contributed by atoms with E-state index < -0.39 is 0 Å². The highest BCUT2D eigenvalue weighted by molar-refractivity contribution is 5.73. The Morgan fingerprint density at radius 2 is 2.03 bits per heavy atom. The highest BCUT2D eigenvalue weighted by Crippen LogP contribution is 2.29. The predicted octanol–water partition coefficient (Wildman–Crippen LogP) is 3.08. The molecule has 0 radical (unpaired) electrons. The van der Waals surface area contributed by atoms with Crippen LogP contribution < -0.4 is 4.74 Å². The number of amides is 1. The van der Waals surface area contributed by atoms with Crippen LogP contribution in [0.25, 0.3) is 0 Å². The second kappa shape index (κ2) is 8.49. The fraction of sp³-hybridized carbons (Fsp3) is 0.522. The molecule has 0 aliphatic carbocycles. The maximum Gasteiger partial charge on any atom is 0.219 e. The minimum atomic E-state index is 0.167. The fourth-order valence-electron chi connectivity index (χ4n) is 4.54. The summed E-state index contributed by atoms with van der Waals surface area (Å²) in [4.78, 5) is 25.5. The molecule has 1 saturated heterocycles. The number of aromatic nitrogens is 2. The molecule has 6 heteroatoms. The maximum absolute atomic E-state index is 11.5. The first-order chi connectivity index (χ1) is 14.0. The minimum Gasteiger partial charge on any atom is -0.496 e. The second-order valence-electron chi connectivity index (χ2n) is 8.21. The van der Waals surface area contributed by atoms with Crippen LogP contribution >= 0.6 is 0 Å². The van der Waals surface area contributed by atoms with Crippen molar-refractivity contribution >= 4 is 5.91 Å². The van der Waals surface area contributed by atoms with E-state index in [1.807, 2.05) is 11.1 Å². The molecule has 1 aromatic heterocycles. The lowest BCUT2D eigenvalue weighted by atomic mass is 9.95. The van der Waals surface area contributed by atoms with Crippen molar-refractivity contribution in [3.63, 3.8) is 0 Å². The largest absolute Gasteiger partial charge is 0.496 e. The number of carbonyl (C=O) groups excluding carboxylic acids is 1. The number of methoxy groups -OCH3 is 1. The number of nitrogens with zero attached hydrogens (tertiary/aromatic N) is 4. The molecule has 2 aliphatic rings.